The third-order valence-corrected chi connectivity index (χ3v) is 5.21. The maximum Gasteiger partial charge on any atom is 0.358 e. The van der Waals surface area contributed by atoms with Gasteiger partial charge in [-0.2, -0.15) is 0 Å². The number of carbonyl (C=O) groups excluding carboxylic acids is 1. The largest absolute Gasteiger partial charge is 0.453 e. The van der Waals surface area contributed by atoms with Gasteiger partial charge in [0.25, 0.3) is 5.56 Å². The number of rotatable bonds is 8. The summed E-state index contributed by atoms with van der Waals surface area (Å²) >= 11 is 0. The molecule has 3 heterocycles. The predicted molar refractivity (Wildman–Crippen MR) is 121 cm³/mol. The Kier molecular flexibility index (Phi) is 6.43. The summed E-state index contributed by atoms with van der Waals surface area (Å²) in [6, 6.07) is 9.43. The van der Waals surface area contributed by atoms with E-state index in [-0.39, 0.29) is 30.0 Å². The topological polar surface area (TPSA) is 125 Å². The molecule has 0 aliphatic carbocycles. The van der Waals surface area contributed by atoms with E-state index in [4.69, 9.17) is 4.74 Å². The third-order valence-electron chi connectivity index (χ3n) is 5.21. The van der Waals surface area contributed by atoms with Crippen molar-refractivity contribution in [2.45, 2.75) is 46.4 Å². The quantitative estimate of drug-likeness (QED) is 0.410. The number of ether oxygens (including phenoxy) is 1. The standard InChI is InChI=1S/C23H24N6O4/c1-3-4-10-28-18(14-33-22(31)17-12-24-15(2)11-25-17)26-20-19(28)21(30)27-23(32)29(20)13-16-8-6-5-7-9-16/h5-9,11-12H,3-4,10,13-14H2,1-2H3,(H,27,30,32). The Bertz CT molecular complexity index is 1390. The van der Waals surface area contributed by atoms with Crippen molar-refractivity contribution in [3.63, 3.8) is 0 Å². The van der Waals surface area contributed by atoms with Crippen LogP contribution in [0.2, 0.25) is 0 Å². The van der Waals surface area contributed by atoms with Crippen LogP contribution < -0.4 is 11.2 Å². The minimum Gasteiger partial charge on any atom is -0.453 e. The highest BCUT2D eigenvalue weighted by molar-refractivity contribution is 5.86. The molecule has 3 aromatic heterocycles. The van der Waals surface area contributed by atoms with Crippen LogP contribution in [0.15, 0.2) is 52.3 Å². The molecule has 0 aliphatic heterocycles. The van der Waals surface area contributed by atoms with Gasteiger partial charge in [-0.1, -0.05) is 43.7 Å². The van der Waals surface area contributed by atoms with Gasteiger partial charge in [0.15, 0.2) is 16.9 Å². The first-order valence-electron chi connectivity index (χ1n) is 10.7. The van der Waals surface area contributed by atoms with Crippen LogP contribution >= 0.6 is 0 Å². The van der Waals surface area contributed by atoms with Crippen LogP contribution in [0.1, 0.15) is 47.3 Å². The van der Waals surface area contributed by atoms with Gasteiger partial charge in [-0.3, -0.25) is 19.3 Å². The molecule has 0 unspecified atom stereocenters. The van der Waals surface area contributed by atoms with Crippen LogP contribution in [0.5, 0.6) is 0 Å². The van der Waals surface area contributed by atoms with Crippen LogP contribution in [0.25, 0.3) is 11.2 Å². The first kappa shape index (κ1) is 22.1. The van der Waals surface area contributed by atoms with Crippen LogP contribution in [0.4, 0.5) is 0 Å². The number of hydrogen-bond donors (Lipinski definition) is 1. The number of aromatic amines is 1. The van der Waals surface area contributed by atoms with Gasteiger partial charge in [-0.15, -0.1) is 0 Å². The first-order chi connectivity index (χ1) is 16.0. The molecule has 1 aromatic carbocycles. The molecule has 0 saturated heterocycles. The summed E-state index contributed by atoms with van der Waals surface area (Å²) in [5, 5.41) is 0. The Morgan fingerprint density at radius 3 is 2.58 bits per heavy atom. The molecule has 0 fully saturated rings. The highest BCUT2D eigenvalue weighted by Crippen LogP contribution is 2.16. The van der Waals surface area contributed by atoms with Gasteiger partial charge in [0.05, 0.1) is 18.4 Å². The highest BCUT2D eigenvalue weighted by Gasteiger charge is 2.20. The number of nitrogens with zero attached hydrogens (tertiary/aromatic N) is 5. The summed E-state index contributed by atoms with van der Waals surface area (Å²) < 4.78 is 8.54. The number of unbranched alkanes of at least 4 members (excludes halogenated alkanes) is 1. The second kappa shape index (κ2) is 9.60. The van der Waals surface area contributed by atoms with E-state index in [0.29, 0.717) is 18.1 Å². The van der Waals surface area contributed by atoms with Gasteiger partial charge >= 0.3 is 11.7 Å². The van der Waals surface area contributed by atoms with Crippen molar-refractivity contribution < 1.29 is 9.53 Å². The SMILES string of the molecule is CCCCn1c(COC(=O)c2cnc(C)cn2)nc2c1c(=O)[nH]c(=O)n2Cc1ccccc1. The van der Waals surface area contributed by atoms with Crippen molar-refractivity contribution >= 4 is 17.1 Å². The number of hydrogen-bond acceptors (Lipinski definition) is 7. The predicted octanol–water partition coefficient (Wildman–Crippen LogP) is 2.19. The van der Waals surface area contributed by atoms with Crippen molar-refractivity contribution in [3.8, 4) is 0 Å². The molecule has 10 heteroatoms. The lowest BCUT2D eigenvalue weighted by Gasteiger charge is -2.09. The summed E-state index contributed by atoms with van der Waals surface area (Å²) in [7, 11) is 0. The number of fused-ring (bicyclic) bond motifs is 1. The number of benzene rings is 1. The van der Waals surface area contributed by atoms with Crippen molar-refractivity contribution in [2.75, 3.05) is 0 Å². The third kappa shape index (κ3) is 4.74. The summed E-state index contributed by atoms with van der Waals surface area (Å²) in [4.78, 5) is 52.8. The first-order valence-corrected chi connectivity index (χ1v) is 10.7. The van der Waals surface area contributed by atoms with E-state index in [9.17, 15) is 14.4 Å². The van der Waals surface area contributed by atoms with Crippen LogP contribution in [0.3, 0.4) is 0 Å². The molecule has 0 radical (unpaired) electrons. The van der Waals surface area contributed by atoms with E-state index >= 15 is 0 Å². The molecular weight excluding hydrogens is 424 g/mol. The number of esters is 1. The van der Waals surface area contributed by atoms with Crippen molar-refractivity contribution in [1.29, 1.82) is 0 Å². The Morgan fingerprint density at radius 2 is 1.88 bits per heavy atom. The van der Waals surface area contributed by atoms with Gasteiger partial charge < -0.3 is 9.30 Å². The Balaban J connectivity index is 1.73. The maximum atomic E-state index is 12.7. The second-order valence-corrected chi connectivity index (χ2v) is 7.66. The molecule has 4 rings (SSSR count). The molecule has 0 spiro atoms. The number of aromatic nitrogens is 6. The van der Waals surface area contributed by atoms with Crippen molar-refractivity contribution in [1.82, 2.24) is 29.1 Å². The lowest BCUT2D eigenvalue weighted by atomic mass is 10.2. The number of aryl methyl sites for hydroxylation is 2. The highest BCUT2D eigenvalue weighted by atomic mass is 16.5. The Labute approximate surface area is 188 Å². The smallest absolute Gasteiger partial charge is 0.358 e. The summed E-state index contributed by atoms with van der Waals surface area (Å²) in [5.74, 6) is -0.267. The fourth-order valence-electron chi connectivity index (χ4n) is 3.50. The van der Waals surface area contributed by atoms with Gasteiger partial charge in [0.2, 0.25) is 0 Å². The number of H-pyrrole nitrogens is 1. The summed E-state index contributed by atoms with van der Waals surface area (Å²) in [6.45, 7) is 4.37. The Morgan fingerprint density at radius 1 is 1.09 bits per heavy atom. The molecule has 0 bridgehead atoms. The normalized spacial score (nSPS) is 11.1. The maximum absolute atomic E-state index is 12.7. The van der Waals surface area contributed by atoms with Crippen molar-refractivity contribution in [3.05, 3.63) is 86.3 Å². The molecule has 0 amide bonds. The molecule has 0 aliphatic rings. The van der Waals surface area contributed by atoms with E-state index < -0.39 is 17.2 Å². The van der Waals surface area contributed by atoms with Gasteiger partial charge in [-0.05, 0) is 18.9 Å². The van der Waals surface area contributed by atoms with Gasteiger partial charge in [-0.25, -0.2) is 19.6 Å². The summed E-state index contributed by atoms with van der Waals surface area (Å²) in [5.41, 5.74) is 1.12. The summed E-state index contributed by atoms with van der Waals surface area (Å²) in [6.07, 6.45) is 4.50. The number of nitrogens with one attached hydrogen (secondary N) is 1. The molecular formula is C23H24N6O4. The van der Waals surface area contributed by atoms with Gasteiger partial charge in [0, 0.05) is 12.7 Å². The monoisotopic (exact) mass is 448 g/mol. The molecule has 0 atom stereocenters. The number of carbonyl (C=O) groups is 1. The lowest BCUT2D eigenvalue weighted by Crippen LogP contribution is -2.31. The van der Waals surface area contributed by atoms with Gasteiger partial charge in [0.1, 0.15) is 12.4 Å². The van der Waals surface area contributed by atoms with E-state index in [0.717, 1.165) is 18.4 Å². The van der Waals surface area contributed by atoms with E-state index in [2.05, 4.69) is 19.9 Å². The van der Waals surface area contributed by atoms with Crippen LogP contribution in [-0.4, -0.2) is 35.0 Å². The molecule has 4 aromatic rings. The van der Waals surface area contributed by atoms with Crippen LogP contribution in [0, 0.1) is 6.92 Å². The van der Waals surface area contributed by atoms with Crippen LogP contribution in [-0.2, 0) is 24.4 Å². The molecule has 0 saturated carbocycles. The molecule has 10 nitrogen and oxygen atoms in total. The number of imidazole rings is 1. The zero-order valence-electron chi connectivity index (χ0n) is 18.4. The zero-order valence-corrected chi connectivity index (χ0v) is 18.4. The zero-order chi connectivity index (χ0) is 23.4. The Hall–Kier alpha value is -4.08. The second-order valence-electron chi connectivity index (χ2n) is 7.66. The minimum atomic E-state index is -0.646. The fraction of sp³-hybridized carbons (Fsp3) is 0.304. The van der Waals surface area contributed by atoms with E-state index in [1.165, 1.54) is 17.0 Å². The van der Waals surface area contributed by atoms with E-state index in [1.807, 2.05) is 37.3 Å². The molecule has 33 heavy (non-hydrogen) atoms. The average Bonchev–Trinajstić information content (AvgIpc) is 3.18. The molecule has 1 N–H and O–H groups in total. The molecule has 170 valence electrons. The fourth-order valence-corrected chi connectivity index (χ4v) is 3.50. The van der Waals surface area contributed by atoms with Crippen molar-refractivity contribution in [2.24, 2.45) is 0 Å². The van der Waals surface area contributed by atoms with E-state index in [1.54, 1.807) is 11.5 Å². The average molecular weight is 448 g/mol. The minimum absolute atomic E-state index is 0.0793. The lowest BCUT2D eigenvalue weighted by molar-refractivity contribution is 0.0450.